The number of halogens is 2. The number of aromatic nitrogens is 2. The molecule has 2 aromatic heterocycles. The molecule has 0 aromatic carbocycles. The second-order valence-electron chi connectivity index (χ2n) is 8.36. The fourth-order valence-corrected chi connectivity index (χ4v) is 4.06. The van der Waals surface area contributed by atoms with Gasteiger partial charge in [-0.1, -0.05) is 25.4 Å². The van der Waals surface area contributed by atoms with E-state index in [4.69, 9.17) is 11.6 Å². The fourth-order valence-electron chi connectivity index (χ4n) is 3.91. The molecule has 2 aromatic rings. The highest BCUT2D eigenvalue weighted by molar-refractivity contribution is 6.30. The van der Waals surface area contributed by atoms with E-state index in [9.17, 15) is 14.0 Å². The van der Waals surface area contributed by atoms with E-state index in [-0.39, 0.29) is 48.1 Å². The summed E-state index contributed by atoms with van der Waals surface area (Å²) in [6, 6.07) is 4.48. The summed E-state index contributed by atoms with van der Waals surface area (Å²) in [5.74, 6) is -0.140. The zero-order valence-corrected chi connectivity index (χ0v) is 17.8. The second kappa shape index (κ2) is 8.30. The van der Waals surface area contributed by atoms with Crippen LogP contribution in [0.15, 0.2) is 30.6 Å². The van der Waals surface area contributed by atoms with Crippen LogP contribution >= 0.6 is 11.6 Å². The number of hydrogen-bond donors (Lipinski definition) is 0. The Kier molecular flexibility index (Phi) is 5.73. The lowest BCUT2D eigenvalue weighted by Gasteiger charge is -2.25. The molecular formula is C22H24ClFN4O2. The molecule has 6 nitrogen and oxygen atoms in total. The molecule has 0 unspecified atom stereocenters. The molecule has 158 valence electrons. The Morgan fingerprint density at radius 1 is 1.30 bits per heavy atom. The lowest BCUT2D eigenvalue weighted by Crippen LogP contribution is -2.41. The minimum atomic E-state index is -0.660. The van der Waals surface area contributed by atoms with Crippen LogP contribution in [0.5, 0.6) is 0 Å². The maximum Gasteiger partial charge on any atom is 0.326 e. The standard InChI is InChI=1S/C22H24ClFN4O2/c1-13(2)20-12-28(21-19(24)8-16(23)10-26-21)22(30)27(20)11-18(29)9-17-7-15(5-6-25-17)14-3-4-14/h5-8,10,13-14,20H,3-4,9,11-12H2,1-2H3/t20-/m1/s1. The first-order valence-electron chi connectivity index (χ1n) is 10.2. The maximum absolute atomic E-state index is 14.4. The van der Waals surface area contributed by atoms with Crippen LogP contribution < -0.4 is 4.90 Å². The summed E-state index contributed by atoms with van der Waals surface area (Å²) in [5.41, 5.74) is 1.94. The Hall–Kier alpha value is -2.54. The van der Waals surface area contributed by atoms with Gasteiger partial charge >= 0.3 is 6.03 Å². The SMILES string of the molecule is CC(C)[C@H]1CN(c2ncc(Cl)cc2F)C(=O)N1CC(=O)Cc1cc(C2CC2)ccn1. The van der Waals surface area contributed by atoms with Gasteiger partial charge in [-0.25, -0.2) is 14.2 Å². The third-order valence-corrected chi connectivity index (χ3v) is 5.88. The highest BCUT2D eigenvalue weighted by Gasteiger charge is 2.41. The van der Waals surface area contributed by atoms with Gasteiger partial charge in [0.25, 0.3) is 0 Å². The zero-order chi connectivity index (χ0) is 21.4. The lowest BCUT2D eigenvalue weighted by molar-refractivity contribution is -0.119. The molecule has 1 atom stereocenters. The van der Waals surface area contributed by atoms with Gasteiger partial charge in [-0.3, -0.25) is 14.7 Å². The van der Waals surface area contributed by atoms with E-state index in [1.165, 1.54) is 34.4 Å². The molecule has 0 spiro atoms. The molecule has 2 aliphatic rings. The fraction of sp³-hybridized carbons (Fsp3) is 0.455. The molecule has 1 aliphatic heterocycles. The number of carbonyl (C=O) groups excluding carboxylic acids is 2. The number of ketones is 1. The van der Waals surface area contributed by atoms with Crippen LogP contribution in [0.1, 0.15) is 43.9 Å². The average Bonchev–Trinajstić information content (AvgIpc) is 3.49. The van der Waals surface area contributed by atoms with Crippen molar-refractivity contribution in [2.45, 2.75) is 45.1 Å². The quantitative estimate of drug-likeness (QED) is 0.659. The molecule has 1 aliphatic carbocycles. The molecule has 0 bridgehead atoms. The van der Waals surface area contributed by atoms with Crippen molar-refractivity contribution in [3.05, 3.63) is 52.7 Å². The van der Waals surface area contributed by atoms with Gasteiger partial charge in [0.15, 0.2) is 17.4 Å². The number of carbonyl (C=O) groups is 2. The van der Waals surface area contributed by atoms with Gasteiger partial charge in [-0.2, -0.15) is 0 Å². The summed E-state index contributed by atoms with van der Waals surface area (Å²) in [4.78, 5) is 36.9. The van der Waals surface area contributed by atoms with E-state index in [1.54, 1.807) is 6.20 Å². The van der Waals surface area contributed by atoms with Crippen LogP contribution in [0.2, 0.25) is 5.02 Å². The molecule has 0 N–H and O–H groups in total. The number of rotatable bonds is 7. The first kappa shape index (κ1) is 20.7. The Labute approximate surface area is 180 Å². The second-order valence-corrected chi connectivity index (χ2v) is 8.80. The maximum atomic E-state index is 14.4. The van der Waals surface area contributed by atoms with Crippen molar-refractivity contribution < 1.29 is 14.0 Å². The normalized spacial score (nSPS) is 19.1. The van der Waals surface area contributed by atoms with Crippen molar-refractivity contribution in [1.29, 1.82) is 0 Å². The molecule has 1 saturated heterocycles. The number of Topliss-reactive ketones (excluding diaryl/α,β-unsaturated/α-hetero) is 1. The van der Waals surface area contributed by atoms with E-state index >= 15 is 0 Å². The number of amides is 2. The molecule has 3 heterocycles. The number of pyridine rings is 2. The van der Waals surface area contributed by atoms with E-state index in [0.29, 0.717) is 5.92 Å². The van der Waals surface area contributed by atoms with Gasteiger partial charge < -0.3 is 4.90 Å². The van der Waals surface area contributed by atoms with E-state index in [1.807, 2.05) is 26.0 Å². The van der Waals surface area contributed by atoms with Gasteiger partial charge in [0, 0.05) is 18.1 Å². The first-order chi connectivity index (χ1) is 14.3. The highest BCUT2D eigenvalue weighted by Crippen LogP contribution is 2.40. The third kappa shape index (κ3) is 4.31. The topological polar surface area (TPSA) is 66.4 Å². The van der Waals surface area contributed by atoms with Gasteiger partial charge in [-0.15, -0.1) is 0 Å². The van der Waals surface area contributed by atoms with E-state index < -0.39 is 11.8 Å². The number of urea groups is 1. The van der Waals surface area contributed by atoms with Crippen molar-refractivity contribution in [3.8, 4) is 0 Å². The van der Waals surface area contributed by atoms with Crippen molar-refractivity contribution in [3.63, 3.8) is 0 Å². The number of nitrogens with zero attached hydrogens (tertiary/aromatic N) is 4. The van der Waals surface area contributed by atoms with Gasteiger partial charge in [-0.05, 0) is 48.4 Å². The zero-order valence-electron chi connectivity index (χ0n) is 17.0. The average molecular weight is 431 g/mol. The molecule has 0 radical (unpaired) electrons. The monoisotopic (exact) mass is 430 g/mol. The van der Waals surface area contributed by atoms with Crippen LogP contribution in [0.25, 0.3) is 0 Å². The van der Waals surface area contributed by atoms with Crippen LogP contribution in [-0.4, -0.2) is 45.8 Å². The van der Waals surface area contributed by atoms with Crippen LogP contribution in [0.4, 0.5) is 15.0 Å². The summed E-state index contributed by atoms with van der Waals surface area (Å²) < 4.78 is 14.4. The van der Waals surface area contributed by atoms with Gasteiger partial charge in [0.1, 0.15) is 0 Å². The van der Waals surface area contributed by atoms with Crippen molar-refractivity contribution in [1.82, 2.24) is 14.9 Å². The predicted molar refractivity (Wildman–Crippen MR) is 112 cm³/mol. The minimum Gasteiger partial charge on any atom is -0.312 e. The smallest absolute Gasteiger partial charge is 0.312 e. The van der Waals surface area contributed by atoms with Crippen molar-refractivity contribution >= 4 is 29.2 Å². The molecule has 8 heteroatoms. The van der Waals surface area contributed by atoms with Crippen LogP contribution in [0.3, 0.4) is 0 Å². The first-order valence-corrected chi connectivity index (χ1v) is 10.6. The van der Waals surface area contributed by atoms with Crippen LogP contribution in [-0.2, 0) is 11.2 Å². The Morgan fingerprint density at radius 3 is 2.73 bits per heavy atom. The Bertz CT molecular complexity index is 979. The summed E-state index contributed by atoms with van der Waals surface area (Å²) >= 11 is 5.78. The third-order valence-electron chi connectivity index (χ3n) is 5.67. The number of anilines is 1. The van der Waals surface area contributed by atoms with Crippen LogP contribution in [0, 0.1) is 11.7 Å². The van der Waals surface area contributed by atoms with Gasteiger partial charge in [0.2, 0.25) is 0 Å². The molecule has 1 saturated carbocycles. The summed E-state index contributed by atoms with van der Waals surface area (Å²) in [6.45, 7) is 4.18. The van der Waals surface area contributed by atoms with Crippen molar-refractivity contribution in [2.24, 2.45) is 5.92 Å². The van der Waals surface area contributed by atoms with E-state index in [2.05, 4.69) is 9.97 Å². The molecular weight excluding hydrogens is 407 g/mol. The van der Waals surface area contributed by atoms with E-state index in [0.717, 1.165) is 11.8 Å². The minimum absolute atomic E-state index is 0.0390. The summed E-state index contributed by atoms with van der Waals surface area (Å²) in [6.07, 6.45) is 5.58. The predicted octanol–water partition coefficient (Wildman–Crippen LogP) is 4.22. The largest absolute Gasteiger partial charge is 0.326 e. The van der Waals surface area contributed by atoms with Gasteiger partial charge in [0.05, 0.1) is 30.6 Å². The molecule has 2 fully saturated rings. The Morgan fingerprint density at radius 2 is 2.07 bits per heavy atom. The molecule has 30 heavy (non-hydrogen) atoms. The molecule has 4 rings (SSSR count). The highest BCUT2D eigenvalue weighted by atomic mass is 35.5. The van der Waals surface area contributed by atoms with Crippen molar-refractivity contribution in [2.75, 3.05) is 18.0 Å². The Balaban J connectivity index is 1.49. The number of hydrogen-bond acceptors (Lipinski definition) is 4. The summed E-state index contributed by atoms with van der Waals surface area (Å²) in [7, 11) is 0. The summed E-state index contributed by atoms with van der Waals surface area (Å²) in [5, 5.41) is 0.163. The lowest BCUT2D eigenvalue weighted by atomic mass is 10.0. The molecule has 2 amide bonds.